The molecule has 1 aliphatic heterocycles. The molecule has 0 aliphatic carbocycles. The molecule has 0 amide bonds. The van der Waals surface area contributed by atoms with E-state index < -0.39 is 24.0 Å². The number of para-hydroxylation sites is 1. The minimum absolute atomic E-state index is 0.0615. The molecule has 8 nitrogen and oxygen atoms in total. The highest BCUT2D eigenvalue weighted by molar-refractivity contribution is 6.37. The monoisotopic (exact) mass is 346 g/mol. The molecule has 1 aliphatic rings. The molecule has 0 saturated heterocycles. The standard InChI is InChI=1S/C17H18N2O6/c1-3-23-16(20)14-13(15(25-19(14)22)17(21)24-4-2)11-9-18-12-8-6-5-7-10(11)12/h5-9,13,15,18H,3-4H2,1-2H3/t13-,15+/m1/s1. The van der Waals surface area contributed by atoms with Crippen molar-refractivity contribution in [1.82, 2.24) is 4.98 Å². The number of rotatable bonds is 5. The highest BCUT2D eigenvalue weighted by atomic mass is 16.9. The lowest BCUT2D eigenvalue weighted by Crippen LogP contribution is -2.34. The topological polar surface area (TPSA) is 104 Å². The van der Waals surface area contributed by atoms with Gasteiger partial charge in [-0.1, -0.05) is 18.2 Å². The average Bonchev–Trinajstić information content (AvgIpc) is 3.16. The molecular formula is C17H18N2O6. The van der Waals surface area contributed by atoms with Crippen LogP contribution in [0.3, 0.4) is 0 Å². The number of nitrogens with zero attached hydrogens (tertiary/aromatic N) is 1. The molecule has 8 heteroatoms. The van der Waals surface area contributed by atoms with Crippen LogP contribution in [0.25, 0.3) is 10.9 Å². The summed E-state index contributed by atoms with van der Waals surface area (Å²) in [6.45, 7) is 3.51. The van der Waals surface area contributed by atoms with Crippen LogP contribution >= 0.6 is 0 Å². The number of aromatic nitrogens is 1. The summed E-state index contributed by atoms with van der Waals surface area (Å²) in [5.74, 6) is -2.45. The molecular weight excluding hydrogens is 328 g/mol. The van der Waals surface area contributed by atoms with E-state index in [1.165, 1.54) is 0 Å². The largest absolute Gasteiger partial charge is 0.465 e. The summed E-state index contributed by atoms with van der Waals surface area (Å²) >= 11 is 0. The smallest absolute Gasteiger partial charge is 0.405 e. The van der Waals surface area contributed by atoms with E-state index >= 15 is 0 Å². The van der Waals surface area contributed by atoms with Crippen molar-refractivity contribution in [2.75, 3.05) is 13.2 Å². The third-order valence-corrected chi connectivity index (χ3v) is 3.96. The quantitative estimate of drug-likeness (QED) is 0.652. The number of fused-ring (bicyclic) bond motifs is 1. The Bertz CT molecular complexity index is 841. The van der Waals surface area contributed by atoms with Crippen molar-refractivity contribution < 1.29 is 28.8 Å². The van der Waals surface area contributed by atoms with E-state index in [4.69, 9.17) is 14.3 Å². The molecule has 0 spiro atoms. The van der Waals surface area contributed by atoms with Gasteiger partial charge >= 0.3 is 17.7 Å². The van der Waals surface area contributed by atoms with Crippen LogP contribution in [0.4, 0.5) is 0 Å². The molecule has 132 valence electrons. The first-order valence-corrected chi connectivity index (χ1v) is 7.99. The minimum atomic E-state index is -1.25. The van der Waals surface area contributed by atoms with Gasteiger partial charge < -0.3 is 19.3 Å². The van der Waals surface area contributed by atoms with E-state index in [0.29, 0.717) is 5.56 Å². The van der Waals surface area contributed by atoms with Crippen molar-refractivity contribution in [3.05, 3.63) is 41.2 Å². The summed E-state index contributed by atoms with van der Waals surface area (Å²) in [7, 11) is 0. The van der Waals surface area contributed by atoms with Gasteiger partial charge in [-0.15, -0.1) is 0 Å². The maximum Gasteiger partial charge on any atom is 0.405 e. The maximum atomic E-state index is 12.3. The summed E-state index contributed by atoms with van der Waals surface area (Å²) < 4.78 is 9.96. The van der Waals surface area contributed by atoms with Crippen molar-refractivity contribution in [2.45, 2.75) is 25.9 Å². The molecule has 0 unspecified atom stereocenters. The second-order valence-corrected chi connectivity index (χ2v) is 5.41. The van der Waals surface area contributed by atoms with Crippen molar-refractivity contribution in [3.63, 3.8) is 0 Å². The Balaban J connectivity index is 2.10. The summed E-state index contributed by atoms with van der Waals surface area (Å²) in [6.07, 6.45) is 0.402. The van der Waals surface area contributed by atoms with Gasteiger partial charge in [0.1, 0.15) is 5.92 Å². The van der Waals surface area contributed by atoms with Gasteiger partial charge in [0, 0.05) is 17.1 Å². The van der Waals surface area contributed by atoms with Gasteiger partial charge in [0.05, 0.1) is 18.1 Å². The number of esters is 2. The van der Waals surface area contributed by atoms with Gasteiger partial charge in [-0.2, -0.15) is 0 Å². The van der Waals surface area contributed by atoms with Gasteiger partial charge in [-0.05, 0) is 25.5 Å². The number of carbonyl (C=O) groups is 2. The molecule has 0 radical (unpaired) electrons. The second kappa shape index (κ2) is 6.84. The molecule has 1 aromatic heterocycles. The molecule has 0 bridgehead atoms. The van der Waals surface area contributed by atoms with Gasteiger partial charge in [0.25, 0.3) is 0 Å². The van der Waals surface area contributed by atoms with Gasteiger partial charge in [-0.3, -0.25) is 10.0 Å². The minimum Gasteiger partial charge on any atom is -0.465 e. The third-order valence-electron chi connectivity index (χ3n) is 3.96. The molecule has 25 heavy (non-hydrogen) atoms. The van der Waals surface area contributed by atoms with Crippen molar-refractivity contribution >= 4 is 28.6 Å². The Morgan fingerprint density at radius 2 is 1.96 bits per heavy atom. The predicted molar refractivity (Wildman–Crippen MR) is 87.8 cm³/mol. The zero-order chi connectivity index (χ0) is 18.0. The SMILES string of the molecule is CCOC(=O)C1=[N+]([O-])O[C@H](C(=O)OCC)[C@@H]1c1c[nH]c2ccccc12. The third kappa shape index (κ3) is 2.90. The normalized spacial score (nSPS) is 19.8. The van der Waals surface area contributed by atoms with E-state index in [9.17, 15) is 14.8 Å². The Labute approximate surface area is 143 Å². The van der Waals surface area contributed by atoms with Crippen LogP contribution in [-0.4, -0.2) is 46.9 Å². The van der Waals surface area contributed by atoms with Gasteiger partial charge in [0.15, 0.2) is 6.10 Å². The number of hydrogen-bond donors (Lipinski definition) is 1. The van der Waals surface area contributed by atoms with E-state index in [-0.39, 0.29) is 23.8 Å². The number of benzene rings is 1. The van der Waals surface area contributed by atoms with Crippen molar-refractivity contribution in [1.29, 1.82) is 0 Å². The van der Waals surface area contributed by atoms with Gasteiger partial charge in [0.2, 0.25) is 0 Å². The Hall–Kier alpha value is -3.03. The Kier molecular flexibility index (Phi) is 4.60. The maximum absolute atomic E-state index is 12.3. The first kappa shape index (κ1) is 16.8. The molecule has 1 N–H and O–H groups in total. The average molecular weight is 346 g/mol. The molecule has 2 heterocycles. The molecule has 3 rings (SSSR count). The fourth-order valence-electron chi connectivity index (χ4n) is 2.95. The van der Waals surface area contributed by atoms with E-state index in [2.05, 4.69) is 4.98 Å². The number of ether oxygens (including phenoxy) is 2. The Morgan fingerprint density at radius 3 is 2.68 bits per heavy atom. The summed E-state index contributed by atoms with van der Waals surface area (Å²) in [5.41, 5.74) is 1.13. The number of H-pyrrole nitrogens is 1. The number of nitrogens with one attached hydrogen (secondary N) is 1. The summed E-state index contributed by atoms with van der Waals surface area (Å²) in [6, 6.07) is 7.37. The second-order valence-electron chi connectivity index (χ2n) is 5.41. The summed E-state index contributed by atoms with van der Waals surface area (Å²) in [4.78, 5) is 32.8. The van der Waals surface area contributed by atoms with Crippen LogP contribution in [0.1, 0.15) is 25.3 Å². The van der Waals surface area contributed by atoms with E-state index in [1.54, 1.807) is 20.0 Å². The molecule has 2 atom stereocenters. The van der Waals surface area contributed by atoms with Crippen LogP contribution in [0.5, 0.6) is 0 Å². The fourth-order valence-corrected chi connectivity index (χ4v) is 2.95. The van der Waals surface area contributed by atoms with Crippen LogP contribution in [0.15, 0.2) is 30.5 Å². The number of hydrogen-bond acceptors (Lipinski definition) is 6. The van der Waals surface area contributed by atoms with Gasteiger partial charge in [-0.25, -0.2) is 4.79 Å². The van der Waals surface area contributed by atoms with Crippen LogP contribution < -0.4 is 0 Å². The molecule has 1 aromatic carbocycles. The fraction of sp³-hybridized carbons (Fsp3) is 0.353. The summed E-state index contributed by atoms with van der Waals surface area (Å²) in [5, 5.41) is 13.0. The first-order chi connectivity index (χ1) is 12.1. The lowest BCUT2D eigenvalue weighted by molar-refractivity contribution is -0.736. The first-order valence-electron chi connectivity index (χ1n) is 7.99. The van der Waals surface area contributed by atoms with Crippen LogP contribution in [0, 0.1) is 5.21 Å². The highest BCUT2D eigenvalue weighted by Gasteiger charge is 2.51. The molecule has 2 aromatic rings. The number of aromatic amines is 1. The lowest BCUT2D eigenvalue weighted by atomic mass is 9.89. The van der Waals surface area contributed by atoms with Crippen LogP contribution in [-0.2, 0) is 23.9 Å². The Morgan fingerprint density at radius 1 is 1.24 bits per heavy atom. The zero-order valence-corrected chi connectivity index (χ0v) is 13.9. The van der Waals surface area contributed by atoms with Crippen LogP contribution in [0.2, 0.25) is 0 Å². The van der Waals surface area contributed by atoms with E-state index in [0.717, 1.165) is 10.9 Å². The number of carbonyl (C=O) groups excluding carboxylic acids is 2. The molecule has 0 saturated carbocycles. The van der Waals surface area contributed by atoms with Crippen molar-refractivity contribution in [2.24, 2.45) is 0 Å². The van der Waals surface area contributed by atoms with E-state index in [1.807, 2.05) is 24.3 Å². The lowest BCUT2D eigenvalue weighted by Gasteiger charge is -2.16. The van der Waals surface area contributed by atoms with Crippen molar-refractivity contribution in [3.8, 4) is 0 Å². The molecule has 0 fully saturated rings. The highest BCUT2D eigenvalue weighted by Crippen LogP contribution is 2.34. The predicted octanol–water partition coefficient (Wildman–Crippen LogP) is 1.64. The zero-order valence-electron chi connectivity index (χ0n) is 13.9.